The van der Waals surface area contributed by atoms with Crippen LogP contribution in [-0.2, 0) is 25.5 Å². The lowest BCUT2D eigenvalue weighted by Gasteiger charge is -2.12. The van der Waals surface area contributed by atoms with E-state index in [-0.39, 0.29) is 12.4 Å². The highest BCUT2D eigenvalue weighted by molar-refractivity contribution is 7.07. The second kappa shape index (κ2) is 21.7. The first-order valence-electron chi connectivity index (χ1n) is 14.2. The maximum absolute atomic E-state index is 5.88. The third kappa shape index (κ3) is 16.2. The molecule has 2 unspecified atom stereocenters. The first-order chi connectivity index (χ1) is 16.9. The molecule has 2 atom stereocenters. The number of thiazole rings is 1. The molecule has 2 rings (SSSR count). The van der Waals surface area contributed by atoms with Gasteiger partial charge in [0.05, 0.1) is 25.2 Å². The predicted molar refractivity (Wildman–Crippen MR) is 140 cm³/mol. The van der Waals surface area contributed by atoms with Crippen LogP contribution in [0.25, 0.3) is 0 Å². The zero-order valence-corrected chi connectivity index (χ0v) is 22.7. The van der Waals surface area contributed by atoms with Crippen LogP contribution < -0.4 is 4.57 Å². The topological polar surface area (TPSA) is 40.8 Å². The quantitative estimate of drug-likeness (QED) is 0.113. The van der Waals surface area contributed by atoms with Crippen molar-refractivity contribution in [1.29, 1.82) is 0 Å². The molecule has 1 aliphatic rings. The Kier molecular flexibility index (Phi) is 19.0. The number of rotatable bonds is 24. The van der Waals surface area contributed by atoms with Crippen LogP contribution in [-0.4, -0.2) is 45.4 Å². The van der Waals surface area contributed by atoms with Crippen LogP contribution in [0.3, 0.4) is 0 Å². The maximum Gasteiger partial charge on any atom is 0.224 e. The molecule has 1 fully saturated rings. The number of ether oxygens (including phenoxy) is 4. The second-order valence-corrected chi connectivity index (χ2v) is 10.5. The lowest BCUT2D eigenvalue weighted by molar-refractivity contribution is -0.692. The van der Waals surface area contributed by atoms with Gasteiger partial charge in [-0.1, -0.05) is 102 Å². The molecule has 0 N–H and O–H groups in total. The number of aryl methyl sites for hydroxylation is 1. The molecule has 1 aliphatic heterocycles. The Bertz CT molecular complexity index is 543. The Labute approximate surface area is 213 Å². The van der Waals surface area contributed by atoms with Gasteiger partial charge in [0.2, 0.25) is 5.51 Å². The molecule has 5 nitrogen and oxygen atoms in total. The molecule has 2 heterocycles. The maximum atomic E-state index is 5.88. The number of nitrogens with zero attached hydrogens (tertiary/aromatic N) is 1. The van der Waals surface area contributed by atoms with Gasteiger partial charge in [0.1, 0.15) is 12.6 Å². The van der Waals surface area contributed by atoms with E-state index < -0.39 is 0 Å². The van der Waals surface area contributed by atoms with Crippen LogP contribution in [0.1, 0.15) is 110 Å². The largest absolute Gasteiger partial charge is 0.379 e. The van der Waals surface area contributed by atoms with Gasteiger partial charge >= 0.3 is 0 Å². The molecular weight excluding hydrogens is 446 g/mol. The summed E-state index contributed by atoms with van der Waals surface area (Å²) in [7, 11) is 0. The van der Waals surface area contributed by atoms with Gasteiger partial charge in [0.25, 0.3) is 0 Å². The number of aromatic nitrogens is 1. The van der Waals surface area contributed by atoms with Crippen molar-refractivity contribution in [2.75, 3.05) is 33.0 Å². The van der Waals surface area contributed by atoms with Crippen LogP contribution in [0.5, 0.6) is 0 Å². The van der Waals surface area contributed by atoms with Gasteiger partial charge < -0.3 is 18.9 Å². The fourth-order valence-electron chi connectivity index (χ4n) is 4.36. The minimum atomic E-state index is -0.227. The van der Waals surface area contributed by atoms with Gasteiger partial charge in [-0.05, 0) is 12.8 Å². The third-order valence-corrected chi connectivity index (χ3v) is 7.17. The summed E-state index contributed by atoms with van der Waals surface area (Å²) < 4.78 is 25.3. The first-order valence-corrected chi connectivity index (χ1v) is 15.2. The van der Waals surface area contributed by atoms with Crippen LogP contribution in [0.15, 0.2) is 17.1 Å². The minimum absolute atomic E-state index is 0.0425. The Morgan fingerprint density at radius 3 is 1.97 bits per heavy atom. The van der Waals surface area contributed by atoms with E-state index in [0.29, 0.717) is 19.8 Å². The Morgan fingerprint density at radius 1 is 0.765 bits per heavy atom. The lowest BCUT2D eigenvalue weighted by atomic mass is 10.0. The van der Waals surface area contributed by atoms with Crippen LogP contribution in [0.2, 0.25) is 0 Å². The molecular formula is C28H52NO4S+. The molecule has 6 heteroatoms. The van der Waals surface area contributed by atoms with Gasteiger partial charge in [0, 0.05) is 19.6 Å². The molecule has 198 valence electrons. The molecule has 0 bridgehead atoms. The van der Waals surface area contributed by atoms with Crippen molar-refractivity contribution >= 4 is 11.3 Å². The van der Waals surface area contributed by atoms with Gasteiger partial charge in [-0.15, -0.1) is 0 Å². The van der Waals surface area contributed by atoms with Gasteiger partial charge in [0.15, 0.2) is 12.5 Å². The van der Waals surface area contributed by atoms with Gasteiger partial charge in [-0.2, -0.15) is 4.57 Å². The minimum Gasteiger partial charge on any atom is -0.379 e. The Hall–Kier alpha value is -0.530. The van der Waals surface area contributed by atoms with Crippen molar-refractivity contribution in [2.45, 2.75) is 129 Å². The second-order valence-electron chi connectivity index (χ2n) is 9.74. The Morgan fingerprint density at radius 2 is 1.35 bits per heavy atom. The zero-order valence-electron chi connectivity index (χ0n) is 21.9. The number of hydrogen-bond acceptors (Lipinski definition) is 5. The van der Waals surface area contributed by atoms with E-state index in [4.69, 9.17) is 18.9 Å². The zero-order chi connectivity index (χ0) is 23.9. The van der Waals surface area contributed by atoms with Crippen LogP contribution >= 0.6 is 11.3 Å². The third-order valence-electron chi connectivity index (χ3n) is 6.49. The summed E-state index contributed by atoms with van der Waals surface area (Å²) in [5.74, 6) is 0. The summed E-state index contributed by atoms with van der Waals surface area (Å²) in [6, 6.07) is 0. The lowest BCUT2D eigenvalue weighted by Crippen LogP contribution is -2.30. The van der Waals surface area contributed by atoms with E-state index in [1.807, 2.05) is 0 Å². The standard InChI is InChI=1S/C28H52NO4S/c1-2-3-4-5-6-7-8-9-10-11-12-13-14-16-20-31-25-28-32-24-27(33-28)23-30-21-17-15-18-29-19-22-34-26-29/h19,22,26-28H,2-18,20-21,23-25H2,1H3/q+1. The van der Waals surface area contributed by atoms with E-state index >= 15 is 0 Å². The summed E-state index contributed by atoms with van der Waals surface area (Å²) in [5, 5.41) is 2.11. The van der Waals surface area contributed by atoms with Crippen molar-refractivity contribution < 1.29 is 23.5 Å². The average molecular weight is 499 g/mol. The fourth-order valence-corrected chi connectivity index (χ4v) is 4.99. The summed E-state index contributed by atoms with van der Waals surface area (Å²) in [4.78, 5) is 0. The monoisotopic (exact) mass is 498 g/mol. The SMILES string of the molecule is CCCCCCCCCCCCCCCCOCC1OCC(COCCCC[n+]2ccsc2)O1. The van der Waals surface area contributed by atoms with E-state index in [0.717, 1.165) is 39.0 Å². The average Bonchev–Trinajstić information content (AvgIpc) is 3.53. The molecule has 1 saturated heterocycles. The highest BCUT2D eigenvalue weighted by Gasteiger charge is 2.26. The smallest absolute Gasteiger partial charge is 0.224 e. The van der Waals surface area contributed by atoms with E-state index in [1.54, 1.807) is 11.3 Å². The molecule has 34 heavy (non-hydrogen) atoms. The van der Waals surface area contributed by atoms with E-state index in [9.17, 15) is 0 Å². The van der Waals surface area contributed by atoms with E-state index in [1.165, 1.54) is 83.5 Å². The molecule has 1 aromatic rings. The summed E-state index contributed by atoms with van der Waals surface area (Å²) in [6.07, 6.45) is 23.5. The van der Waals surface area contributed by atoms with Crippen LogP contribution in [0, 0.1) is 0 Å². The summed E-state index contributed by atoms with van der Waals surface area (Å²) >= 11 is 1.73. The van der Waals surface area contributed by atoms with Crippen molar-refractivity contribution in [3.63, 3.8) is 0 Å². The highest BCUT2D eigenvalue weighted by atomic mass is 32.1. The Balaban J connectivity index is 1.26. The van der Waals surface area contributed by atoms with E-state index in [2.05, 4.69) is 28.6 Å². The molecule has 0 aliphatic carbocycles. The first kappa shape index (κ1) is 29.7. The van der Waals surface area contributed by atoms with Crippen LogP contribution in [0.4, 0.5) is 0 Å². The molecule has 0 spiro atoms. The fraction of sp³-hybridized carbons (Fsp3) is 0.893. The van der Waals surface area contributed by atoms with Crippen molar-refractivity contribution in [2.24, 2.45) is 0 Å². The van der Waals surface area contributed by atoms with Crippen molar-refractivity contribution in [1.82, 2.24) is 0 Å². The molecule has 0 radical (unpaired) electrons. The normalized spacial score (nSPS) is 18.1. The molecule has 1 aromatic heterocycles. The number of unbranched alkanes of at least 4 members (excludes halogenated alkanes) is 14. The van der Waals surface area contributed by atoms with Gasteiger partial charge in [-0.3, -0.25) is 0 Å². The predicted octanol–water partition coefficient (Wildman–Crippen LogP) is 7.07. The highest BCUT2D eigenvalue weighted by Crippen LogP contribution is 2.14. The molecule has 0 amide bonds. The number of hydrogen-bond donors (Lipinski definition) is 0. The summed E-state index contributed by atoms with van der Waals surface area (Å²) in [6.45, 7) is 6.70. The van der Waals surface area contributed by atoms with Gasteiger partial charge in [-0.25, -0.2) is 0 Å². The summed E-state index contributed by atoms with van der Waals surface area (Å²) in [5.41, 5.74) is 2.14. The molecule has 0 saturated carbocycles. The molecule has 0 aromatic carbocycles. The van der Waals surface area contributed by atoms with Crippen molar-refractivity contribution in [3.8, 4) is 0 Å². The van der Waals surface area contributed by atoms with Crippen molar-refractivity contribution in [3.05, 3.63) is 17.1 Å².